The van der Waals surface area contributed by atoms with Gasteiger partial charge in [-0.05, 0) is 33.6 Å². The van der Waals surface area contributed by atoms with Crippen LogP contribution in [0.2, 0.25) is 0 Å². The first-order valence-corrected chi connectivity index (χ1v) is 5.12. The Balaban J connectivity index is 2.23. The van der Waals surface area contributed by atoms with Crippen LogP contribution in [0.15, 0.2) is 0 Å². The molecule has 88 valence electrons. The third-order valence-electron chi connectivity index (χ3n) is 2.20. The van der Waals surface area contributed by atoms with E-state index in [0.29, 0.717) is 12.8 Å². The van der Waals surface area contributed by atoms with Gasteiger partial charge in [0.25, 0.3) is 0 Å². The van der Waals surface area contributed by atoms with Crippen molar-refractivity contribution in [3.05, 3.63) is 0 Å². The Bertz CT molecular complexity index is 244. The standard InChI is InChI=1S/C10H19FN2O2/c1-9(2,3)15-8(14)13-6-10(11)4-7(12)5-10/h7H,4-6,12H2,1-3H3,(H,13,14). The average Bonchev–Trinajstić information content (AvgIpc) is 1.95. The molecule has 1 saturated carbocycles. The molecule has 0 saturated heterocycles. The number of rotatable bonds is 2. The molecule has 0 aromatic carbocycles. The lowest BCUT2D eigenvalue weighted by atomic mass is 9.78. The molecule has 4 nitrogen and oxygen atoms in total. The predicted molar refractivity (Wildman–Crippen MR) is 55.3 cm³/mol. The van der Waals surface area contributed by atoms with Gasteiger partial charge >= 0.3 is 6.09 Å². The average molecular weight is 218 g/mol. The van der Waals surface area contributed by atoms with E-state index in [2.05, 4.69) is 5.32 Å². The van der Waals surface area contributed by atoms with Gasteiger partial charge in [-0.15, -0.1) is 0 Å². The zero-order chi connectivity index (χ0) is 11.7. The number of ether oxygens (including phenoxy) is 1. The summed E-state index contributed by atoms with van der Waals surface area (Å²) in [6, 6.07) is -0.0737. The molecule has 0 bridgehead atoms. The van der Waals surface area contributed by atoms with Crippen molar-refractivity contribution >= 4 is 6.09 Å². The van der Waals surface area contributed by atoms with E-state index in [1.54, 1.807) is 20.8 Å². The molecule has 0 aromatic rings. The van der Waals surface area contributed by atoms with Gasteiger partial charge in [-0.1, -0.05) is 0 Å². The van der Waals surface area contributed by atoms with Gasteiger partial charge in [0.1, 0.15) is 11.3 Å². The van der Waals surface area contributed by atoms with E-state index < -0.39 is 17.4 Å². The maximum atomic E-state index is 13.6. The van der Waals surface area contributed by atoms with Gasteiger partial charge in [0.05, 0.1) is 6.54 Å². The fourth-order valence-corrected chi connectivity index (χ4v) is 1.57. The van der Waals surface area contributed by atoms with Crippen molar-refractivity contribution < 1.29 is 13.9 Å². The van der Waals surface area contributed by atoms with Crippen LogP contribution < -0.4 is 11.1 Å². The van der Waals surface area contributed by atoms with Gasteiger partial charge in [0.15, 0.2) is 0 Å². The molecule has 1 amide bonds. The Kier molecular flexibility index (Phi) is 3.23. The molecule has 5 heteroatoms. The third kappa shape index (κ3) is 4.03. The topological polar surface area (TPSA) is 64.3 Å². The van der Waals surface area contributed by atoms with Gasteiger partial charge in [-0.2, -0.15) is 0 Å². The number of hydrogen-bond acceptors (Lipinski definition) is 3. The Morgan fingerprint density at radius 3 is 2.53 bits per heavy atom. The van der Waals surface area contributed by atoms with E-state index in [4.69, 9.17) is 10.5 Å². The molecule has 0 aromatic heterocycles. The number of carbonyl (C=O) groups excluding carboxylic acids is 1. The zero-order valence-electron chi connectivity index (χ0n) is 9.47. The molecule has 0 unspecified atom stereocenters. The molecule has 0 heterocycles. The minimum atomic E-state index is -1.34. The molecule has 3 N–H and O–H groups in total. The summed E-state index contributed by atoms with van der Waals surface area (Å²) in [6.07, 6.45) is 0.0333. The first-order valence-electron chi connectivity index (χ1n) is 5.12. The smallest absolute Gasteiger partial charge is 0.407 e. The van der Waals surface area contributed by atoms with Crippen molar-refractivity contribution in [1.29, 1.82) is 0 Å². The first-order chi connectivity index (χ1) is 6.70. The number of amides is 1. The minimum absolute atomic E-state index is 0.0182. The van der Waals surface area contributed by atoms with Crippen LogP contribution in [0, 0.1) is 0 Å². The summed E-state index contributed by atoms with van der Waals surface area (Å²) in [7, 11) is 0. The van der Waals surface area contributed by atoms with Crippen molar-refractivity contribution in [3.63, 3.8) is 0 Å². The summed E-state index contributed by atoms with van der Waals surface area (Å²) in [5.74, 6) is 0. The number of halogens is 1. The predicted octanol–water partition coefficient (Wildman–Crippen LogP) is 1.34. The lowest BCUT2D eigenvalue weighted by Gasteiger charge is -2.39. The number of carbonyl (C=O) groups is 1. The second-order valence-corrected chi connectivity index (χ2v) is 5.17. The van der Waals surface area contributed by atoms with Crippen LogP contribution in [0.1, 0.15) is 33.6 Å². The molecule has 1 aliphatic rings. The summed E-state index contributed by atoms with van der Waals surface area (Å²) in [4.78, 5) is 11.2. The van der Waals surface area contributed by atoms with Crippen LogP contribution in [0.4, 0.5) is 9.18 Å². The quantitative estimate of drug-likeness (QED) is 0.735. The van der Waals surface area contributed by atoms with E-state index in [-0.39, 0.29) is 12.6 Å². The van der Waals surface area contributed by atoms with Gasteiger partial charge in [0, 0.05) is 6.04 Å². The Morgan fingerprint density at radius 2 is 2.13 bits per heavy atom. The Hall–Kier alpha value is -0.840. The SMILES string of the molecule is CC(C)(C)OC(=O)NCC1(F)CC(N)C1. The normalized spacial score (nSPS) is 30.6. The van der Waals surface area contributed by atoms with E-state index in [0.717, 1.165) is 0 Å². The molecule has 1 rings (SSSR count). The van der Waals surface area contributed by atoms with Gasteiger partial charge in [0.2, 0.25) is 0 Å². The van der Waals surface area contributed by atoms with Crippen molar-refractivity contribution in [3.8, 4) is 0 Å². The summed E-state index contributed by atoms with van der Waals surface area (Å²) < 4.78 is 18.6. The van der Waals surface area contributed by atoms with Crippen LogP contribution in [-0.2, 0) is 4.74 Å². The third-order valence-corrected chi connectivity index (χ3v) is 2.20. The fraction of sp³-hybridized carbons (Fsp3) is 0.900. The summed E-state index contributed by atoms with van der Waals surface area (Å²) in [6.45, 7) is 5.26. The highest BCUT2D eigenvalue weighted by molar-refractivity contribution is 5.67. The van der Waals surface area contributed by atoms with Crippen molar-refractivity contribution in [1.82, 2.24) is 5.32 Å². The van der Waals surface area contributed by atoms with Gasteiger partial charge < -0.3 is 15.8 Å². The number of nitrogens with one attached hydrogen (secondary N) is 1. The number of alkyl carbamates (subject to hydrolysis) is 1. The number of nitrogens with two attached hydrogens (primary N) is 1. The summed E-state index contributed by atoms with van der Waals surface area (Å²) in [5, 5.41) is 2.41. The number of alkyl halides is 1. The lowest BCUT2D eigenvalue weighted by Crippen LogP contribution is -2.54. The summed E-state index contributed by atoms with van der Waals surface area (Å²) in [5.41, 5.74) is 3.59. The zero-order valence-corrected chi connectivity index (χ0v) is 9.47. The molecule has 0 radical (unpaired) electrons. The highest BCUT2D eigenvalue weighted by Crippen LogP contribution is 2.34. The maximum Gasteiger partial charge on any atom is 0.407 e. The maximum absolute atomic E-state index is 13.6. The monoisotopic (exact) mass is 218 g/mol. The minimum Gasteiger partial charge on any atom is -0.444 e. The van der Waals surface area contributed by atoms with E-state index in [1.807, 2.05) is 0 Å². The molecule has 1 fully saturated rings. The largest absolute Gasteiger partial charge is 0.444 e. The second kappa shape index (κ2) is 3.96. The summed E-state index contributed by atoms with van der Waals surface area (Å²) >= 11 is 0. The highest BCUT2D eigenvalue weighted by Gasteiger charge is 2.43. The van der Waals surface area contributed by atoms with Crippen LogP contribution in [0.25, 0.3) is 0 Å². The van der Waals surface area contributed by atoms with Crippen LogP contribution in [0.3, 0.4) is 0 Å². The van der Waals surface area contributed by atoms with E-state index in [9.17, 15) is 9.18 Å². The molecular formula is C10H19FN2O2. The highest BCUT2D eigenvalue weighted by atomic mass is 19.1. The lowest BCUT2D eigenvalue weighted by molar-refractivity contribution is 0.0258. The molecule has 0 spiro atoms. The van der Waals surface area contributed by atoms with Crippen molar-refractivity contribution in [2.75, 3.05) is 6.54 Å². The van der Waals surface area contributed by atoms with Crippen molar-refractivity contribution in [2.45, 2.75) is 50.9 Å². The Labute approximate surface area is 89.3 Å². The van der Waals surface area contributed by atoms with Crippen molar-refractivity contribution in [2.24, 2.45) is 5.73 Å². The van der Waals surface area contributed by atoms with Crippen LogP contribution in [0.5, 0.6) is 0 Å². The fourth-order valence-electron chi connectivity index (χ4n) is 1.57. The van der Waals surface area contributed by atoms with Gasteiger partial charge in [-0.3, -0.25) is 0 Å². The molecule has 1 aliphatic carbocycles. The molecule has 15 heavy (non-hydrogen) atoms. The molecule has 0 aliphatic heterocycles. The number of hydrogen-bond donors (Lipinski definition) is 2. The van der Waals surface area contributed by atoms with E-state index >= 15 is 0 Å². The van der Waals surface area contributed by atoms with Crippen LogP contribution in [-0.4, -0.2) is 29.9 Å². The molecular weight excluding hydrogens is 199 g/mol. The van der Waals surface area contributed by atoms with E-state index in [1.165, 1.54) is 0 Å². The molecule has 0 atom stereocenters. The first kappa shape index (κ1) is 12.2. The second-order valence-electron chi connectivity index (χ2n) is 5.17. The Morgan fingerprint density at radius 1 is 1.60 bits per heavy atom. The van der Waals surface area contributed by atoms with Gasteiger partial charge in [-0.25, -0.2) is 9.18 Å². The van der Waals surface area contributed by atoms with Crippen LogP contribution >= 0.6 is 0 Å².